The molecule has 1 rings (SSSR count). The van der Waals surface area contributed by atoms with Crippen LogP contribution < -0.4 is 5.32 Å². The van der Waals surface area contributed by atoms with Gasteiger partial charge in [-0.3, -0.25) is 4.79 Å². The van der Waals surface area contributed by atoms with Gasteiger partial charge in [0.25, 0.3) is 0 Å². The zero-order valence-corrected chi connectivity index (χ0v) is 11.3. The van der Waals surface area contributed by atoms with E-state index in [1.165, 1.54) is 12.1 Å². The van der Waals surface area contributed by atoms with Crippen molar-refractivity contribution in [2.24, 2.45) is 11.8 Å². The Balaban J connectivity index is 3.04. The van der Waals surface area contributed by atoms with Crippen molar-refractivity contribution in [3.8, 4) is 0 Å². The van der Waals surface area contributed by atoms with Crippen LogP contribution in [0.5, 0.6) is 0 Å². The van der Waals surface area contributed by atoms with E-state index in [0.29, 0.717) is 0 Å². The summed E-state index contributed by atoms with van der Waals surface area (Å²) in [6.45, 7) is 5.64. The van der Waals surface area contributed by atoms with Gasteiger partial charge >= 0.3 is 5.97 Å². The van der Waals surface area contributed by atoms with Crippen LogP contribution in [0, 0.1) is 11.8 Å². The van der Waals surface area contributed by atoms with E-state index in [0.717, 1.165) is 0 Å². The first-order valence-corrected chi connectivity index (χ1v) is 6.05. The summed E-state index contributed by atoms with van der Waals surface area (Å²) in [5, 5.41) is 11.9. The number of nitrogens with one attached hydrogen (secondary N) is 1. The van der Waals surface area contributed by atoms with Gasteiger partial charge < -0.3 is 10.4 Å². The third-order valence-corrected chi connectivity index (χ3v) is 3.22. The van der Waals surface area contributed by atoms with Crippen LogP contribution in [-0.2, 0) is 4.79 Å². The van der Waals surface area contributed by atoms with Crippen molar-refractivity contribution >= 4 is 29.2 Å². The van der Waals surface area contributed by atoms with E-state index in [9.17, 15) is 9.59 Å². The van der Waals surface area contributed by atoms with Crippen molar-refractivity contribution in [1.82, 2.24) is 0 Å². The molecule has 1 atom stereocenters. The van der Waals surface area contributed by atoms with E-state index in [-0.39, 0.29) is 34.0 Å². The minimum absolute atomic E-state index is 0.00759. The number of anilines is 1. The Morgan fingerprint density at radius 3 is 2.39 bits per heavy atom. The highest BCUT2D eigenvalue weighted by atomic mass is 35.5. The van der Waals surface area contributed by atoms with Gasteiger partial charge in [0.05, 0.1) is 16.3 Å². The van der Waals surface area contributed by atoms with Crippen molar-refractivity contribution in [3.05, 3.63) is 28.8 Å². The molecule has 0 fully saturated rings. The summed E-state index contributed by atoms with van der Waals surface area (Å²) in [7, 11) is 0. The van der Waals surface area contributed by atoms with Gasteiger partial charge in [-0.1, -0.05) is 38.4 Å². The summed E-state index contributed by atoms with van der Waals surface area (Å²) in [4.78, 5) is 23.0. The summed E-state index contributed by atoms with van der Waals surface area (Å²) in [6.07, 6.45) is 0. The van der Waals surface area contributed by atoms with Gasteiger partial charge in [0, 0.05) is 5.92 Å². The minimum atomic E-state index is -1.12. The Hall–Kier alpha value is -1.55. The Labute approximate surface area is 111 Å². The molecule has 18 heavy (non-hydrogen) atoms. The highest BCUT2D eigenvalue weighted by molar-refractivity contribution is 6.34. The van der Waals surface area contributed by atoms with Crippen molar-refractivity contribution in [2.75, 3.05) is 5.32 Å². The number of carboxylic acids is 1. The lowest BCUT2D eigenvalue weighted by molar-refractivity contribution is -0.120. The molecule has 98 valence electrons. The van der Waals surface area contributed by atoms with Crippen molar-refractivity contribution in [3.63, 3.8) is 0 Å². The van der Waals surface area contributed by atoms with Crippen LogP contribution in [0.4, 0.5) is 5.69 Å². The number of rotatable bonds is 4. The molecule has 1 unspecified atom stereocenters. The molecular formula is C13H16ClNO3. The monoisotopic (exact) mass is 269 g/mol. The summed E-state index contributed by atoms with van der Waals surface area (Å²) in [6, 6.07) is 4.49. The molecule has 1 aromatic carbocycles. The zero-order valence-electron chi connectivity index (χ0n) is 10.5. The molecule has 0 saturated carbocycles. The van der Waals surface area contributed by atoms with Crippen molar-refractivity contribution in [2.45, 2.75) is 20.8 Å². The Bertz CT molecular complexity index is 471. The summed E-state index contributed by atoms with van der Waals surface area (Å²) in [5.74, 6) is -1.41. The topological polar surface area (TPSA) is 66.4 Å². The number of hydrogen-bond acceptors (Lipinski definition) is 2. The molecule has 4 nitrogen and oxygen atoms in total. The van der Waals surface area contributed by atoms with E-state index >= 15 is 0 Å². The van der Waals surface area contributed by atoms with Gasteiger partial charge in [-0.15, -0.1) is 0 Å². The van der Waals surface area contributed by atoms with Crippen LogP contribution in [0.3, 0.4) is 0 Å². The molecule has 1 aromatic rings. The fourth-order valence-corrected chi connectivity index (χ4v) is 1.59. The molecule has 0 aliphatic carbocycles. The molecule has 0 aliphatic rings. The second-order valence-electron chi connectivity index (χ2n) is 4.49. The third kappa shape index (κ3) is 3.23. The molecule has 0 heterocycles. The van der Waals surface area contributed by atoms with Gasteiger partial charge in [0.1, 0.15) is 0 Å². The van der Waals surface area contributed by atoms with Crippen LogP contribution >= 0.6 is 11.6 Å². The first kappa shape index (κ1) is 14.5. The highest BCUT2D eigenvalue weighted by Crippen LogP contribution is 2.27. The summed E-state index contributed by atoms with van der Waals surface area (Å²) >= 11 is 5.92. The summed E-state index contributed by atoms with van der Waals surface area (Å²) in [5.41, 5.74) is 0.149. The van der Waals surface area contributed by atoms with E-state index in [2.05, 4.69) is 5.32 Å². The number of hydrogen-bond donors (Lipinski definition) is 2. The maximum Gasteiger partial charge on any atom is 0.337 e. The molecule has 0 aromatic heterocycles. The van der Waals surface area contributed by atoms with Gasteiger partial charge in [0.2, 0.25) is 5.91 Å². The average Bonchev–Trinajstić information content (AvgIpc) is 2.30. The van der Waals surface area contributed by atoms with Gasteiger partial charge in [-0.2, -0.15) is 0 Å². The maximum atomic E-state index is 11.9. The molecule has 0 saturated heterocycles. The van der Waals surface area contributed by atoms with Gasteiger partial charge in [-0.25, -0.2) is 4.79 Å². The SMILES string of the molecule is CC(C)C(C)C(=O)Nc1c(Cl)cccc1C(=O)O. The molecular weight excluding hydrogens is 254 g/mol. The first-order chi connectivity index (χ1) is 8.34. The van der Waals surface area contributed by atoms with Crippen LogP contribution in [-0.4, -0.2) is 17.0 Å². The molecule has 0 radical (unpaired) electrons. The Morgan fingerprint density at radius 2 is 1.89 bits per heavy atom. The van der Waals surface area contributed by atoms with Crippen LogP contribution in [0.15, 0.2) is 18.2 Å². The van der Waals surface area contributed by atoms with Crippen LogP contribution in [0.1, 0.15) is 31.1 Å². The predicted molar refractivity (Wildman–Crippen MR) is 71.0 cm³/mol. The van der Waals surface area contributed by atoms with E-state index in [1.54, 1.807) is 13.0 Å². The second kappa shape index (κ2) is 5.87. The quantitative estimate of drug-likeness (QED) is 0.882. The Morgan fingerprint density at radius 1 is 1.28 bits per heavy atom. The number of benzene rings is 1. The van der Waals surface area contributed by atoms with Crippen molar-refractivity contribution in [1.29, 1.82) is 0 Å². The number of carbonyl (C=O) groups is 2. The number of aromatic carboxylic acids is 1. The lowest BCUT2D eigenvalue weighted by Gasteiger charge is -2.17. The zero-order chi connectivity index (χ0) is 13.9. The molecule has 5 heteroatoms. The molecule has 0 bridgehead atoms. The van der Waals surface area contributed by atoms with E-state index in [1.807, 2.05) is 13.8 Å². The standard InChI is InChI=1S/C13H16ClNO3/c1-7(2)8(3)12(16)15-11-9(13(17)18)5-4-6-10(11)14/h4-8H,1-3H3,(H,15,16)(H,17,18). The summed E-state index contributed by atoms with van der Waals surface area (Å²) < 4.78 is 0. The molecule has 1 amide bonds. The lowest BCUT2D eigenvalue weighted by Crippen LogP contribution is -2.25. The smallest absolute Gasteiger partial charge is 0.337 e. The highest BCUT2D eigenvalue weighted by Gasteiger charge is 2.20. The molecule has 2 N–H and O–H groups in total. The molecule has 0 aliphatic heterocycles. The fourth-order valence-electron chi connectivity index (χ4n) is 1.37. The molecule has 0 spiro atoms. The number of halogens is 1. The third-order valence-electron chi connectivity index (χ3n) is 2.91. The fraction of sp³-hybridized carbons (Fsp3) is 0.385. The van der Waals surface area contributed by atoms with Gasteiger partial charge in [-0.05, 0) is 18.1 Å². The van der Waals surface area contributed by atoms with Crippen molar-refractivity contribution < 1.29 is 14.7 Å². The van der Waals surface area contributed by atoms with Crippen LogP contribution in [0.25, 0.3) is 0 Å². The number of para-hydroxylation sites is 1. The Kier molecular flexibility index (Phi) is 4.73. The number of amides is 1. The largest absolute Gasteiger partial charge is 0.478 e. The predicted octanol–water partition coefficient (Wildman–Crippen LogP) is 3.27. The van der Waals surface area contributed by atoms with Crippen LogP contribution in [0.2, 0.25) is 5.02 Å². The van der Waals surface area contributed by atoms with E-state index < -0.39 is 5.97 Å². The van der Waals surface area contributed by atoms with E-state index in [4.69, 9.17) is 16.7 Å². The van der Waals surface area contributed by atoms with Gasteiger partial charge in [0.15, 0.2) is 0 Å². The number of carboxylic acid groups (broad SMARTS) is 1. The second-order valence-corrected chi connectivity index (χ2v) is 4.90. The maximum absolute atomic E-state index is 11.9. The average molecular weight is 270 g/mol. The number of carbonyl (C=O) groups excluding carboxylic acids is 1. The lowest BCUT2D eigenvalue weighted by atomic mass is 9.97. The normalized spacial score (nSPS) is 12.3. The minimum Gasteiger partial charge on any atom is -0.478 e. The first-order valence-electron chi connectivity index (χ1n) is 5.67.